The van der Waals surface area contributed by atoms with Gasteiger partial charge >= 0.3 is 12.3 Å². The number of alkyl halides is 5. The lowest BCUT2D eigenvalue weighted by atomic mass is 9.64. The second kappa shape index (κ2) is 4.62. The summed E-state index contributed by atoms with van der Waals surface area (Å²) in [4.78, 5) is 0. The molecule has 2 aliphatic carbocycles. The lowest BCUT2D eigenvalue weighted by Gasteiger charge is -2.43. The maximum Gasteiger partial charge on any atom is 0.391 e. The molecule has 0 aromatic carbocycles. The number of hydrogen-bond donors (Lipinski definition) is 1. The fraction of sp³-hybridized carbons (Fsp3) is 1.00. The summed E-state index contributed by atoms with van der Waals surface area (Å²) in [6.45, 7) is 0. The van der Waals surface area contributed by atoms with Crippen molar-refractivity contribution >= 4 is 0 Å². The molecular formula is C12H17F5O. The zero-order valence-electron chi connectivity index (χ0n) is 9.89. The molecule has 0 aromatic rings. The Morgan fingerprint density at radius 1 is 0.722 bits per heavy atom. The average Bonchev–Trinajstić information content (AvgIpc) is 2.25. The highest BCUT2D eigenvalue weighted by atomic mass is 19.4. The third-order valence-electron chi connectivity index (χ3n) is 4.57. The topological polar surface area (TPSA) is 20.2 Å². The number of halogens is 5. The van der Waals surface area contributed by atoms with Crippen LogP contribution in [0.15, 0.2) is 0 Å². The van der Waals surface area contributed by atoms with Gasteiger partial charge < -0.3 is 5.11 Å². The molecule has 4 unspecified atom stereocenters. The fourth-order valence-corrected chi connectivity index (χ4v) is 3.50. The molecule has 2 fully saturated rings. The van der Waals surface area contributed by atoms with Crippen LogP contribution < -0.4 is 0 Å². The van der Waals surface area contributed by atoms with E-state index in [4.69, 9.17) is 5.11 Å². The second-order valence-electron chi connectivity index (χ2n) is 5.67. The van der Waals surface area contributed by atoms with Gasteiger partial charge in [-0.1, -0.05) is 0 Å². The summed E-state index contributed by atoms with van der Waals surface area (Å²) in [6, 6.07) is 0. The van der Waals surface area contributed by atoms with Crippen LogP contribution in [0.5, 0.6) is 0 Å². The zero-order valence-corrected chi connectivity index (χ0v) is 9.89. The highest BCUT2D eigenvalue weighted by Crippen LogP contribution is 2.50. The largest absolute Gasteiger partial charge is 0.391 e. The molecule has 2 saturated carbocycles. The molecule has 2 aliphatic rings. The van der Waals surface area contributed by atoms with E-state index in [0.717, 1.165) is 0 Å². The lowest BCUT2D eigenvalue weighted by Crippen LogP contribution is -2.40. The number of rotatable bonds is 1. The summed E-state index contributed by atoms with van der Waals surface area (Å²) in [6.07, 6.45) is -6.76. The van der Waals surface area contributed by atoms with E-state index in [-0.39, 0.29) is 37.5 Å². The van der Waals surface area contributed by atoms with Crippen LogP contribution in [0.1, 0.15) is 38.5 Å². The minimum atomic E-state index is -4.16. The molecule has 0 bridgehead atoms. The van der Waals surface area contributed by atoms with Gasteiger partial charge in [0.15, 0.2) is 0 Å². The van der Waals surface area contributed by atoms with Gasteiger partial charge in [0, 0.05) is 0 Å². The quantitative estimate of drug-likeness (QED) is 0.716. The van der Waals surface area contributed by atoms with Crippen molar-refractivity contribution in [3.63, 3.8) is 0 Å². The highest BCUT2D eigenvalue weighted by Gasteiger charge is 2.49. The summed E-state index contributed by atoms with van der Waals surface area (Å²) < 4.78 is 63.4. The standard InChI is InChI=1S/C12H17F5O/c13-11(14,15)9-3-1-8-6-10(12(16,17)18)4-2-7(8)5-9/h7-10,18H,1-6H2. The normalized spacial score (nSPS) is 38.3. The summed E-state index contributed by atoms with van der Waals surface area (Å²) in [5.74, 6) is -2.55. The van der Waals surface area contributed by atoms with Crippen LogP contribution in [0.2, 0.25) is 0 Å². The van der Waals surface area contributed by atoms with Crippen LogP contribution >= 0.6 is 0 Å². The summed E-state index contributed by atoms with van der Waals surface area (Å²) in [5.41, 5.74) is 0. The molecule has 2 rings (SSSR count). The lowest BCUT2D eigenvalue weighted by molar-refractivity contribution is -0.251. The van der Waals surface area contributed by atoms with E-state index < -0.39 is 24.1 Å². The molecular weight excluding hydrogens is 255 g/mol. The van der Waals surface area contributed by atoms with Crippen LogP contribution in [0, 0.1) is 23.7 Å². The summed E-state index contributed by atoms with van der Waals surface area (Å²) in [5, 5.41) is 8.70. The van der Waals surface area contributed by atoms with Gasteiger partial charge in [0.05, 0.1) is 11.8 Å². The molecule has 0 amide bonds. The Balaban J connectivity index is 1.96. The average molecular weight is 272 g/mol. The molecule has 106 valence electrons. The Kier molecular flexibility index (Phi) is 3.60. The van der Waals surface area contributed by atoms with E-state index in [1.165, 1.54) is 0 Å². The van der Waals surface area contributed by atoms with E-state index in [2.05, 4.69) is 0 Å². The van der Waals surface area contributed by atoms with Gasteiger partial charge in [0.2, 0.25) is 0 Å². The van der Waals surface area contributed by atoms with Gasteiger partial charge in [-0.25, -0.2) is 0 Å². The van der Waals surface area contributed by atoms with Crippen molar-refractivity contribution < 1.29 is 27.1 Å². The summed E-state index contributed by atoms with van der Waals surface area (Å²) in [7, 11) is 0. The molecule has 0 radical (unpaired) electrons. The second-order valence-corrected chi connectivity index (χ2v) is 5.67. The van der Waals surface area contributed by atoms with Gasteiger partial charge in [0.1, 0.15) is 0 Å². The minimum Gasteiger partial charge on any atom is -0.336 e. The van der Waals surface area contributed by atoms with Gasteiger partial charge in [-0.05, 0) is 50.4 Å². The highest BCUT2D eigenvalue weighted by molar-refractivity contribution is 4.89. The van der Waals surface area contributed by atoms with E-state index in [9.17, 15) is 22.0 Å². The van der Waals surface area contributed by atoms with E-state index in [0.29, 0.717) is 12.8 Å². The Bertz CT molecular complexity index is 266. The van der Waals surface area contributed by atoms with Crippen LogP contribution in [0.4, 0.5) is 22.0 Å². The third kappa shape index (κ3) is 2.95. The molecule has 18 heavy (non-hydrogen) atoms. The zero-order chi connectivity index (χ0) is 13.6. The Labute approximate surface area is 102 Å². The third-order valence-corrected chi connectivity index (χ3v) is 4.57. The maximum absolute atomic E-state index is 12.8. The van der Waals surface area contributed by atoms with Gasteiger partial charge in [0.25, 0.3) is 0 Å². The van der Waals surface area contributed by atoms with Crippen molar-refractivity contribution in [3.8, 4) is 0 Å². The first kappa shape index (κ1) is 14.0. The summed E-state index contributed by atoms with van der Waals surface area (Å²) >= 11 is 0. The van der Waals surface area contributed by atoms with Crippen LogP contribution in [-0.2, 0) is 0 Å². The first-order valence-corrected chi connectivity index (χ1v) is 6.35. The van der Waals surface area contributed by atoms with Crippen molar-refractivity contribution in [2.24, 2.45) is 23.7 Å². The number of fused-ring (bicyclic) bond motifs is 1. The fourth-order valence-electron chi connectivity index (χ4n) is 3.50. The van der Waals surface area contributed by atoms with Gasteiger partial charge in [-0.2, -0.15) is 22.0 Å². The number of aliphatic hydroxyl groups is 1. The molecule has 0 spiro atoms. The first-order valence-electron chi connectivity index (χ1n) is 6.35. The number of hydrogen-bond acceptors (Lipinski definition) is 1. The Morgan fingerprint density at radius 2 is 1.17 bits per heavy atom. The van der Waals surface area contributed by atoms with Crippen LogP contribution in [0.25, 0.3) is 0 Å². The molecule has 0 aromatic heterocycles. The van der Waals surface area contributed by atoms with Crippen molar-refractivity contribution in [2.45, 2.75) is 50.8 Å². The monoisotopic (exact) mass is 272 g/mol. The van der Waals surface area contributed by atoms with Gasteiger partial charge in [-0.15, -0.1) is 0 Å². The van der Waals surface area contributed by atoms with Crippen molar-refractivity contribution in [3.05, 3.63) is 0 Å². The molecule has 0 heterocycles. The predicted molar refractivity (Wildman–Crippen MR) is 54.9 cm³/mol. The predicted octanol–water partition coefficient (Wildman–Crippen LogP) is 3.97. The van der Waals surface area contributed by atoms with Crippen molar-refractivity contribution in [1.82, 2.24) is 0 Å². The van der Waals surface area contributed by atoms with Crippen LogP contribution in [-0.4, -0.2) is 17.4 Å². The molecule has 0 aliphatic heterocycles. The smallest absolute Gasteiger partial charge is 0.336 e. The maximum atomic E-state index is 12.8. The molecule has 4 atom stereocenters. The Morgan fingerprint density at radius 3 is 1.61 bits per heavy atom. The van der Waals surface area contributed by atoms with Crippen molar-refractivity contribution in [1.29, 1.82) is 0 Å². The van der Waals surface area contributed by atoms with Crippen molar-refractivity contribution in [2.75, 3.05) is 0 Å². The van der Waals surface area contributed by atoms with E-state index in [1.807, 2.05) is 0 Å². The first-order chi connectivity index (χ1) is 8.18. The molecule has 1 nitrogen and oxygen atoms in total. The molecule has 1 N–H and O–H groups in total. The van der Waals surface area contributed by atoms with E-state index in [1.54, 1.807) is 0 Å². The molecule has 6 heteroatoms. The van der Waals surface area contributed by atoms with E-state index >= 15 is 0 Å². The molecule has 0 saturated heterocycles. The van der Waals surface area contributed by atoms with Gasteiger partial charge in [-0.3, -0.25) is 0 Å². The minimum absolute atomic E-state index is 0.0361. The Hall–Kier alpha value is -0.390. The van der Waals surface area contributed by atoms with Crippen LogP contribution in [0.3, 0.4) is 0 Å². The SMILES string of the molecule is OC(F)(F)C1CCC2CC(C(F)(F)F)CCC2C1.